The molecule has 0 aliphatic heterocycles. The van der Waals surface area contributed by atoms with Crippen molar-refractivity contribution in [3.63, 3.8) is 0 Å². The fraction of sp³-hybridized carbons (Fsp3) is 0.182. The first-order valence-corrected chi connectivity index (χ1v) is 5.27. The third-order valence-electron chi connectivity index (χ3n) is 2.36. The van der Waals surface area contributed by atoms with Gasteiger partial charge in [0.05, 0.1) is 5.00 Å². The average molecular weight is 204 g/mol. The van der Waals surface area contributed by atoms with Crippen LogP contribution < -0.4 is 5.73 Å². The van der Waals surface area contributed by atoms with E-state index in [0.717, 1.165) is 16.1 Å². The SMILES string of the molecule is Cc1sc(N)c(-c2cccnc2)c1C. The number of nitrogens with two attached hydrogens (primary N) is 1. The first-order chi connectivity index (χ1) is 6.70. The molecule has 0 aliphatic rings. The highest BCUT2D eigenvalue weighted by molar-refractivity contribution is 7.16. The van der Waals surface area contributed by atoms with E-state index in [1.54, 1.807) is 17.5 Å². The van der Waals surface area contributed by atoms with Crippen molar-refractivity contribution in [3.8, 4) is 11.1 Å². The molecule has 2 N–H and O–H groups in total. The first kappa shape index (κ1) is 9.21. The van der Waals surface area contributed by atoms with Crippen LogP contribution in [0, 0.1) is 13.8 Å². The third-order valence-corrected chi connectivity index (χ3v) is 3.40. The smallest absolute Gasteiger partial charge is 0.0942 e. The molecule has 2 aromatic heterocycles. The highest BCUT2D eigenvalue weighted by atomic mass is 32.1. The number of pyridine rings is 1. The van der Waals surface area contributed by atoms with Crippen molar-refractivity contribution in [3.05, 3.63) is 35.0 Å². The summed E-state index contributed by atoms with van der Waals surface area (Å²) in [5, 5.41) is 0.882. The van der Waals surface area contributed by atoms with Gasteiger partial charge in [-0.15, -0.1) is 11.3 Å². The number of nitrogen functional groups attached to an aromatic ring is 1. The lowest BCUT2D eigenvalue weighted by molar-refractivity contribution is 1.32. The molecule has 0 unspecified atom stereocenters. The van der Waals surface area contributed by atoms with Crippen LogP contribution in [0.1, 0.15) is 10.4 Å². The van der Waals surface area contributed by atoms with Crippen LogP contribution >= 0.6 is 11.3 Å². The van der Waals surface area contributed by atoms with Crippen LogP contribution in [0.2, 0.25) is 0 Å². The summed E-state index contributed by atoms with van der Waals surface area (Å²) < 4.78 is 0. The van der Waals surface area contributed by atoms with Crippen LogP contribution in [-0.2, 0) is 0 Å². The molecule has 0 atom stereocenters. The van der Waals surface area contributed by atoms with Gasteiger partial charge in [0.25, 0.3) is 0 Å². The number of hydrogen-bond donors (Lipinski definition) is 1. The van der Waals surface area contributed by atoms with Gasteiger partial charge in [-0.2, -0.15) is 0 Å². The molecule has 0 aliphatic carbocycles. The van der Waals surface area contributed by atoms with Crippen molar-refractivity contribution in [2.24, 2.45) is 0 Å². The Morgan fingerprint density at radius 3 is 2.64 bits per heavy atom. The fourth-order valence-electron chi connectivity index (χ4n) is 1.52. The Kier molecular flexibility index (Phi) is 2.25. The third kappa shape index (κ3) is 1.40. The van der Waals surface area contributed by atoms with Gasteiger partial charge in [-0.25, -0.2) is 0 Å². The van der Waals surface area contributed by atoms with Gasteiger partial charge in [0.2, 0.25) is 0 Å². The monoisotopic (exact) mass is 204 g/mol. The van der Waals surface area contributed by atoms with Crippen LogP contribution in [0.15, 0.2) is 24.5 Å². The van der Waals surface area contributed by atoms with Gasteiger partial charge in [0.15, 0.2) is 0 Å². The van der Waals surface area contributed by atoms with Crippen molar-refractivity contribution >= 4 is 16.3 Å². The fourth-order valence-corrected chi connectivity index (χ4v) is 2.48. The summed E-state index contributed by atoms with van der Waals surface area (Å²) in [4.78, 5) is 5.38. The molecule has 2 rings (SSSR count). The number of nitrogens with zero attached hydrogens (tertiary/aromatic N) is 1. The van der Waals surface area contributed by atoms with E-state index in [1.165, 1.54) is 10.4 Å². The van der Waals surface area contributed by atoms with Gasteiger partial charge in [-0.3, -0.25) is 4.98 Å². The normalized spacial score (nSPS) is 10.4. The second kappa shape index (κ2) is 3.42. The molecule has 0 spiro atoms. The van der Waals surface area contributed by atoms with Gasteiger partial charge < -0.3 is 5.73 Å². The summed E-state index contributed by atoms with van der Waals surface area (Å²) in [5.74, 6) is 0. The lowest BCUT2D eigenvalue weighted by atomic mass is 10.1. The van der Waals surface area contributed by atoms with E-state index in [2.05, 4.69) is 18.8 Å². The van der Waals surface area contributed by atoms with Crippen LogP contribution in [0.25, 0.3) is 11.1 Å². The van der Waals surface area contributed by atoms with Crippen molar-refractivity contribution in [1.29, 1.82) is 0 Å². The highest BCUT2D eigenvalue weighted by Crippen LogP contribution is 2.37. The molecule has 0 bridgehead atoms. The Bertz CT molecular complexity index is 446. The molecule has 0 amide bonds. The molecule has 0 radical (unpaired) electrons. The minimum Gasteiger partial charge on any atom is -0.390 e. The topological polar surface area (TPSA) is 38.9 Å². The molecule has 0 aromatic carbocycles. The molecule has 0 saturated carbocycles. The highest BCUT2D eigenvalue weighted by Gasteiger charge is 2.11. The predicted molar refractivity (Wildman–Crippen MR) is 61.4 cm³/mol. The molecular weight excluding hydrogens is 192 g/mol. The zero-order chi connectivity index (χ0) is 10.1. The molecule has 2 nitrogen and oxygen atoms in total. The Hall–Kier alpha value is -1.35. The lowest BCUT2D eigenvalue weighted by Crippen LogP contribution is -1.86. The van der Waals surface area contributed by atoms with Gasteiger partial charge >= 0.3 is 0 Å². The van der Waals surface area contributed by atoms with E-state index >= 15 is 0 Å². The lowest BCUT2D eigenvalue weighted by Gasteiger charge is -2.01. The summed E-state index contributed by atoms with van der Waals surface area (Å²) in [6, 6.07) is 3.97. The minimum atomic E-state index is 0.882. The van der Waals surface area contributed by atoms with Crippen LogP contribution in [0.3, 0.4) is 0 Å². The molecule has 3 heteroatoms. The maximum absolute atomic E-state index is 5.96. The molecule has 14 heavy (non-hydrogen) atoms. The molecule has 2 aromatic rings. The van der Waals surface area contributed by atoms with Crippen LogP contribution in [-0.4, -0.2) is 4.98 Å². The Balaban J connectivity index is 2.62. The zero-order valence-electron chi connectivity index (χ0n) is 8.24. The second-order valence-electron chi connectivity index (χ2n) is 3.26. The van der Waals surface area contributed by atoms with E-state index in [0.29, 0.717) is 0 Å². The summed E-state index contributed by atoms with van der Waals surface area (Å²) in [7, 11) is 0. The van der Waals surface area contributed by atoms with E-state index < -0.39 is 0 Å². The van der Waals surface area contributed by atoms with Gasteiger partial charge in [-0.1, -0.05) is 6.07 Å². The van der Waals surface area contributed by atoms with Gasteiger partial charge in [0, 0.05) is 28.4 Å². The standard InChI is InChI=1S/C11H12N2S/c1-7-8(2)14-11(12)10(7)9-4-3-5-13-6-9/h3-6H,12H2,1-2H3. The summed E-state index contributed by atoms with van der Waals surface area (Å²) in [6.07, 6.45) is 3.62. The molecule has 72 valence electrons. The number of aryl methyl sites for hydroxylation is 1. The number of hydrogen-bond acceptors (Lipinski definition) is 3. The largest absolute Gasteiger partial charge is 0.390 e. The van der Waals surface area contributed by atoms with E-state index in [9.17, 15) is 0 Å². The summed E-state index contributed by atoms with van der Waals surface area (Å²) in [6.45, 7) is 4.20. The van der Waals surface area contributed by atoms with Crippen LogP contribution in [0.5, 0.6) is 0 Å². The van der Waals surface area contributed by atoms with E-state index in [1.807, 2.05) is 18.3 Å². The number of rotatable bonds is 1. The predicted octanol–water partition coefficient (Wildman–Crippen LogP) is 3.01. The molecule has 0 fully saturated rings. The van der Waals surface area contributed by atoms with E-state index in [-0.39, 0.29) is 0 Å². The molecular formula is C11H12N2S. The Labute approximate surface area is 87.4 Å². The maximum atomic E-state index is 5.96. The Morgan fingerprint density at radius 2 is 2.14 bits per heavy atom. The van der Waals surface area contributed by atoms with Crippen molar-refractivity contribution < 1.29 is 0 Å². The second-order valence-corrected chi connectivity index (χ2v) is 4.52. The minimum absolute atomic E-state index is 0.882. The summed E-state index contributed by atoms with van der Waals surface area (Å²) >= 11 is 1.64. The van der Waals surface area contributed by atoms with E-state index in [4.69, 9.17) is 5.73 Å². The van der Waals surface area contributed by atoms with Crippen LogP contribution in [0.4, 0.5) is 5.00 Å². The van der Waals surface area contributed by atoms with Gasteiger partial charge in [0.1, 0.15) is 0 Å². The number of thiophene rings is 1. The Morgan fingerprint density at radius 1 is 1.36 bits per heavy atom. The van der Waals surface area contributed by atoms with Crippen molar-refractivity contribution in [2.45, 2.75) is 13.8 Å². The zero-order valence-corrected chi connectivity index (χ0v) is 9.06. The number of aromatic nitrogens is 1. The van der Waals surface area contributed by atoms with Crippen molar-refractivity contribution in [2.75, 3.05) is 5.73 Å². The average Bonchev–Trinajstić information content (AvgIpc) is 2.43. The maximum Gasteiger partial charge on any atom is 0.0942 e. The summed E-state index contributed by atoms with van der Waals surface area (Å²) in [5.41, 5.74) is 9.47. The quantitative estimate of drug-likeness (QED) is 0.775. The number of anilines is 1. The molecule has 0 saturated heterocycles. The van der Waals surface area contributed by atoms with Gasteiger partial charge in [-0.05, 0) is 25.5 Å². The van der Waals surface area contributed by atoms with Crippen molar-refractivity contribution in [1.82, 2.24) is 4.98 Å². The first-order valence-electron chi connectivity index (χ1n) is 4.46. The molecule has 2 heterocycles.